The van der Waals surface area contributed by atoms with E-state index < -0.39 is 12.1 Å². The van der Waals surface area contributed by atoms with Crippen LogP contribution in [0.2, 0.25) is 0 Å². The summed E-state index contributed by atoms with van der Waals surface area (Å²) in [6, 6.07) is -0.396. The molecule has 3 atom stereocenters. The average Bonchev–Trinajstić information content (AvgIpc) is 2.59. The lowest BCUT2D eigenvalue weighted by atomic mass is 10.00. The number of aldehydes is 1. The monoisotopic (exact) mass is 183 g/mol. The Morgan fingerprint density at radius 1 is 1.54 bits per heavy atom. The first-order valence-corrected chi connectivity index (χ1v) is 4.16. The normalized spacial score (nSPS) is 36.8. The van der Waals surface area contributed by atoms with E-state index in [1.54, 1.807) is 0 Å². The van der Waals surface area contributed by atoms with Gasteiger partial charge in [0.1, 0.15) is 6.29 Å². The van der Waals surface area contributed by atoms with E-state index in [0.717, 1.165) is 11.2 Å². The maximum Gasteiger partial charge on any atom is 0.414 e. The molecule has 0 radical (unpaired) electrons. The molecule has 0 aromatic heterocycles. The van der Waals surface area contributed by atoms with Gasteiger partial charge in [-0.15, -0.1) is 0 Å². The van der Waals surface area contributed by atoms with Gasteiger partial charge in [-0.25, -0.2) is 9.69 Å². The van der Waals surface area contributed by atoms with Crippen molar-refractivity contribution in [2.24, 2.45) is 11.8 Å². The second-order valence-electron chi connectivity index (χ2n) is 3.53. The molecule has 5 nitrogen and oxygen atoms in total. The van der Waals surface area contributed by atoms with E-state index in [-0.39, 0.29) is 17.7 Å². The third kappa shape index (κ3) is 0.961. The molecule has 0 aromatic rings. The molecule has 13 heavy (non-hydrogen) atoms. The molecule has 2 amide bonds. The van der Waals surface area contributed by atoms with Crippen LogP contribution in [-0.2, 0) is 9.59 Å². The Labute approximate surface area is 74.3 Å². The van der Waals surface area contributed by atoms with Gasteiger partial charge in [-0.1, -0.05) is 0 Å². The SMILES string of the molecule is O=CC1CC2CC1N(C(=O)O)C2=O. The number of likely N-dealkylation sites (tertiary alicyclic amines) is 1. The van der Waals surface area contributed by atoms with Crippen LogP contribution in [0.5, 0.6) is 0 Å². The summed E-state index contributed by atoms with van der Waals surface area (Å²) < 4.78 is 0. The first kappa shape index (κ1) is 8.22. The van der Waals surface area contributed by atoms with E-state index in [9.17, 15) is 14.4 Å². The van der Waals surface area contributed by atoms with Gasteiger partial charge in [0.05, 0.1) is 6.04 Å². The van der Waals surface area contributed by atoms with E-state index in [1.807, 2.05) is 0 Å². The number of carbonyl (C=O) groups is 3. The lowest BCUT2D eigenvalue weighted by molar-refractivity contribution is -0.134. The molecule has 2 rings (SSSR count). The van der Waals surface area contributed by atoms with Gasteiger partial charge in [-0.05, 0) is 12.8 Å². The molecule has 70 valence electrons. The largest absolute Gasteiger partial charge is 0.465 e. The molecule has 2 aliphatic rings. The first-order valence-electron chi connectivity index (χ1n) is 4.16. The lowest BCUT2D eigenvalue weighted by Gasteiger charge is -2.25. The standard InChI is InChI=1S/C8H9NO4/c10-3-5-1-4-2-6(5)9(7(4)11)8(12)13/h3-6H,1-2H2,(H,12,13). The molecule has 1 saturated carbocycles. The van der Waals surface area contributed by atoms with E-state index in [4.69, 9.17) is 5.11 Å². The number of carboxylic acid groups (broad SMARTS) is 1. The molecular weight excluding hydrogens is 174 g/mol. The van der Waals surface area contributed by atoms with Crippen LogP contribution >= 0.6 is 0 Å². The van der Waals surface area contributed by atoms with E-state index in [2.05, 4.69) is 0 Å². The van der Waals surface area contributed by atoms with Crippen LogP contribution in [0.3, 0.4) is 0 Å². The maximum absolute atomic E-state index is 11.3. The highest BCUT2D eigenvalue weighted by atomic mass is 16.4. The second-order valence-corrected chi connectivity index (χ2v) is 3.53. The Morgan fingerprint density at radius 3 is 2.69 bits per heavy atom. The van der Waals surface area contributed by atoms with Gasteiger partial charge in [-0.2, -0.15) is 0 Å². The quantitative estimate of drug-likeness (QED) is 0.585. The fraction of sp³-hybridized carbons (Fsp3) is 0.625. The Hall–Kier alpha value is -1.39. The number of amides is 2. The number of rotatable bonds is 1. The highest BCUT2D eigenvalue weighted by Gasteiger charge is 2.53. The Kier molecular flexibility index (Phi) is 1.61. The van der Waals surface area contributed by atoms with Crippen LogP contribution < -0.4 is 0 Å². The third-order valence-electron chi connectivity index (χ3n) is 2.88. The van der Waals surface area contributed by atoms with Gasteiger partial charge >= 0.3 is 6.09 Å². The molecule has 1 aliphatic heterocycles. The van der Waals surface area contributed by atoms with Crippen molar-refractivity contribution in [3.05, 3.63) is 0 Å². The summed E-state index contributed by atoms with van der Waals surface area (Å²) in [7, 11) is 0. The van der Waals surface area contributed by atoms with E-state index >= 15 is 0 Å². The average molecular weight is 183 g/mol. The van der Waals surface area contributed by atoms with Crippen molar-refractivity contribution in [3.63, 3.8) is 0 Å². The summed E-state index contributed by atoms with van der Waals surface area (Å²) in [6.45, 7) is 0. The second kappa shape index (κ2) is 2.55. The van der Waals surface area contributed by atoms with Crippen LogP contribution in [0.1, 0.15) is 12.8 Å². The number of imide groups is 1. The fourth-order valence-electron chi connectivity index (χ4n) is 2.29. The van der Waals surface area contributed by atoms with Crippen molar-refractivity contribution in [3.8, 4) is 0 Å². The van der Waals surface area contributed by atoms with Gasteiger partial charge < -0.3 is 9.90 Å². The summed E-state index contributed by atoms with van der Waals surface area (Å²) in [4.78, 5) is 33.3. The van der Waals surface area contributed by atoms with Gasteiger partial charge in [0.15, 0.2) is 0 Å². The van der Waals surface area contributed by atoms with Gasteiger partial charge in [-0.3, -0.25) is 4.79 Å². The topological polar surface area (TPSA) is 74.7 Å². The molecule has 0 spiro atoms. The zero-order chi connectivity index (χ0) is 9.59. The van der Waals surface area contributed by atoms with Gasteiger partial charge in [0.2, 0.25) is 5.91 Å². The molecule has 5 heteroatoms. The highest BCUT2D eigenvalue weighted by molar-refractivity contribution is 5.96. The molecule has 0 aromatic carbocycles. The zero-order valence-electron chi connectivity index (χ0n) is 6.84. The number of hydrogen-bond acceptors (Lipinski definition) is 3. The Bertz CT molecular complexity index is 288. The number of nitrogens with zero attached hydrogens (tertiary/aromatic N) is 1. The number of fused-ring (bicyclic) bond motifs is 2. The number of hydrogen-bond donors (Lipinski definition) is 1. The van der Waals surface area contributed by atoms with Gasteiger partial charge in [0.25, 0.3) is 0 Å². The maximum atomic E-state index is 11.3. The summed E-state index contributed by atoms with van der Waals surface area (Å²) in [6.07, 6.45) is 0.572. The van der Waals surface area contributed by atoms with Crippen LogP contribution in [-0.4, -0.2) is 34.3 Å². The number of carbonyl (C=O) groups excluding carboxylic acids is 2. The minimum absolute atomic E-state index is 0.240. The van der Waals surface area contributed by atoms with Crippen LogP contribution in [0, 0.1) is 11.8 Å². The predicted octanol–water partition coefficient (Wildman–Crippen LogP) is 0.100. The van der Waals surface area contributed by atoms with Crippen LogP contribution in [0.4, 0.5) is 4.79 Å². The molecule has 3 unspecified atom stereocenters. The summed E-state index contributed by atoms with van der Waals surface area (Å²) in [5.41, 5.74) is 0. The van der Waals surface area contributed by atoms with Crippen molar-refractivity contribution >= 4 is 18.3 Å². The molecule has 1 N–H and O–H groups in total. The summed E-state index contributed by atoms with van der Waals surface area (Å²) in [5, 5.41) is 8.71. The first-order chi connectivity index (χ1) is 6.15. The third-order valence-corrected chi connectivity index (χ3v) is 2.88. The van der Waals surface area contributed by atoms with Crippen LogP contribution in [0.25, 0.3) is 0 Å². The van der Waals surface area contributed by atoms with Crippen molar-refractivity contribution < 1.29 is 19.5 Å². The molecule has 1 heterocycles. The van der Waals surface area contributed by atoms with Crippen LogP contribution in [0.15, 0.2) is 0 Å². The molecular formula is C8H9NO4. The minimum Gasteiger partial charge on any atom is -0.465 e. The van der Waals surface area contributed by atoms with E-state index in [1.165, 1.54) is 0 Å². The van der Waals surface area contributed by atoms with E-state index in [0.29, 0.717) is 12.8 Å². The predicted molar refractivity (Wildman–Crippen MR) is 40.9 cm³/mol. The Balaban J connectivity index is 2.26. The van der Waals surface area contributed by atoms with Crippen molar-refractivity contribution in [1.29, 1.82) is 0 Å². The smallest absolute Gasteiger partial charge is 0.414 e. The van der Waals surface area contributed by atoms with Gasteiger partial charge in [0, 0.05) is 11.8 Å². The lowest BCUT2D eigenvalue weighted by Crippen LogP contribution is -2.45. The summed E-state index contributed by atoms with van der Waals surface area (Å²) >= 11 is 0. The summed E-state index contributed by atoms with van der Waals surface area (Å²) in [5.74, 6) is -0.856. The highest BCUT2D eigenvalue weighted by Crippen LogP contribution is 2.41. The Morgan fingerprint density at radius 2 is 2.23 bits per heavy atom. The van der Waals surface area contributed by atoms with Crippen molar-refractivity contribution in [2.45, 2.75) is 18.9 Å². The fourth-order valence-corrected chi connectivity index (χ4v) is 2.29. The number of piperidine rings is 1. The zero-order valence-corrected chi connectivity index (χ0v) is 6.84. The van der Waals surface area contributed by atoms with Crippen molar-refractivity contribution in [2.75, 3.05) is 0 Å². The molecule has 2 bridgehead atoms. The molecule has 2 fully saturated rings. The molecule has 1 saturated heterocycles. The van der Waals surface area contributed by atoms with Crippen molar-refractivity contribution in [1.82, 2.24) is 4.90 Å². The molecule has 1 aliphatic carbocycles. The minimum atomic E-state index is -1.23.